The highest BCUT2D eigenvalue weighted by Gasteiger charge is 2.10. The third-order valence-corrected chi connectivity index (χ3v) is 8.08. The van der Waals surface area contributed by atoms with Crippen LogP contribution in [0.3, 0.4) is 0 Å². The molecule has 0 radical (unpaired) electrons. The van der Waals surface area contributed by atoms with Crippen LogP contribution in [0.4, 0.5) is 0 Å². The lowest BCUT2D eigenvalue weighted by Gasteiger charge is -2.12. The van der Waals surface area contributed by atoms with E-state index in [-0.39, 0.29) is 29.7 Å². The van der Waals surface area contributed by atoms with E-state index in [1.807, 2.05) is 67.1 Å². The van der Waals surface area contributed by atoms with Gasteiger partial charge in [0.05, 0.1) is 0 Å². The summed E-state index contributed by atoms with van der Waals surface area (Å²) in [6.45, 7) is 48.5. The molecule has 0 fully saturated rings. The first-order valence-corrected chi connectivity index (χ1v) is 19.6. The zero-order valence-electron chi connectivity index (χ0n) is 37.6. The topological polar surface area (TPSA) is 51.6 Å². The molecule has 0 aliphatic carbocycles. The number of aryl methyl sites for hydroxylation is 9. The summed E-state index contributed by atoms with van der Waals surface area (Å²) < 4.78 is 0. The van der Waals surface area contributed by atoms with Crippen LogP contribution in [0.2, 0.25) is 0 Å². The van der Waals surface area contributed by atoms with Crippen molar-refractivity contribution in [2.45, 2.75) is 213 Å². The van der Waals surface area contributed by atoms with E-state index in [1.165, 1.54) is 55.8 Å². The molecule has 0 unspecified atom stereocenters. The molecule has 3 aromatic heterocycles. The zero-order valence-corrected chi connectivity index (χ0v) is 37.6. The fourth-order valence-electron chi connectivity index (χ4n) is 6.67. The minimum Gasteiger partial charge on any atom is -0.264 e. The van der Waals surface area contributed by atoms with E-state index in [2.05, 4.69) is 155 Å². The molecule has 4 heteroatoms. The summed E-state index contributed by atoms with van der Waals surface area (Å²) in [7, 11) is 0. The van der Waals surface area contributed by atoms with Crippen LogP contribution in [0.5, 0.6) is 0 Å². The Labute approximate surface area is 347 Å². The molecule has 0 aliphatic rings. The summed E-state index contributed by atoms with van der Waals surface area (Å²) in [5.41, 5.74) is 15.8. The van der Waals surface area contributed by atoms with Crippen LogP contribution in [-0.4, -0.2) is 19.9 Å². The number of hydrogen-bond acceptors (Lipinski definition) is 4. The second-order valence-electron chi connectivity index (χ2n) is 13.6. The van der Waals surface area contributed by atoms with E-state index in [4.69, 9.17) is 0 Å². The lowest BCUT2D eigenvalue weighted by atomic mass is 9.94. The smallest absolute Gasteiger partial charge is 0.125 e. The van der Waals surface area contributed by atoms with Crippen LogP contribution in [0.15, 0.2) is 42.9 Å². The summed E-state index contributed by atoms with van der Waals surface area (Å²) in [6, 6.07) is 8.56. The van der Waals surface area contributed by atoms with Crippen LogP contribution in [0.1, 0.15) is 223 Å². The van der Waals surface area contributed by atoms with E-state index in [9.17, 15) is 0 Å². The summed E-state index contributed by atoms with van der Waals surface area (Å²) in [6.07, 6.45) is 5.74. The van der Waals surface area contributed by atoms with Gasteiger partial charge in [0.15, 0.2) is 0 Å². The van der Waals surface area contributed by atoms with Gasteiger partial charge >= 0.3 is 0 Å². The van der Waals surface area contributed by atoms with Crippen molar-refractivity contribution in [1.29, 1.82) is 0 Å². The summed E-state index contributed by atoms with van der Waals surface area (Å²) >= 11 is 0. The van der Waals surface area contributed by atoms with Crippen molar-refractivity contribution in [3.63, 3.8) is 0 Å². The van der Waals surface area contributed by atoms with Gasteiger partial charge in [-0.1, -0.05) is 145 Å². The first kappa shape index (κ1) is 66.4. The minimum absolute atomic E-state index is 0. The Kier molecular flexibility index (Phi) is 43.8. The first-order chi connectivity index (χ1) is 23.9. The quantitative estimate of drug-likeness (QED) is 0.208. The molecular formula is C51H96N4. The van der Waals surface area contributed by atoms with Gasteiger partial charge < -0.3 is 0 Å². The molecule has 4 nitrogen and oxygen atoms in total. The fourth-order valence-corrected chi connectivity index (χ4v) is 6.67. The van der Waals surface area contributed by atoms with Crippen molar-refractivity contribution in [2.75, 3.05) is 0 Å². The van der Waals surface area contributed by atoms with E-state index in [0.717, 1.165) is 17.2 Å². The van der Waals surface area contributed by atoms with Crippen LogP contribution < -0.4 is 0 Å². The van der Waals surface area contributed by atoms with Gasteiger partial charge in [0.1, 0.15) is 5.82 Å². The third-order valence-electron chi connectivity index (χ3n) is 8.08. The molecule has 0 atom stereocenters. The standard InChI is InChI=1S/C11H16.C10H16N2.2C10H15N.3C2H6.4CH4/c1-8(2)11-9(3)6-5-7-10(11)4;1-6(2)10-7(3)11-9(5)12-8(10)4;1-7(2)10-8(3)5-11-6-9(10)4;1-7(2)10-8(3)5-6-11-9(10)4;3*1-2;;;;/h5-8H,1-4H3;6H,1-5H3;2*5-7H,1-4H3;3*1-2H3;4*1H4. The largest absolute Gasteiger partial charge is 0.264 e. The Morgan fingerprint density at radius 1 is 0.382 bits per heavy atom. The Morgan fingerprint density at radius 2 is 0.691 bits per heavy atom. The van der Waals surface area contributed by atoms with Crippen molar-refractivity contribution in [1.82, 2.24) is 19.9 Å². The highest BCUT2D eigenvalue weighted by atomic mass is 14.9. The maximum atomic E-state index is 4.34. The first-order valence-electron chi connectivity index (χ1n) is 19.6. The van der Waals surface area contributed by atoms with Crippen LogP contribution >= 0.6 is 0 Å². The number of pyridine rings is 2. The van der Waals surface area contributed by atoms with E-state index in [1.54, 1.807) is 0 Å². The summed E-state index contributed by atoms with van der Waals surface area (Å²) in [4.78, 5) is 17.1. The monoisotopic (exact) mass is 765 g/mol. The highest BCUT2D eigenvalue weighted by Crippen LogP contribution is 2.23. The number of benzene rings is 1. The SMILES string of the molecule is C.C.C.C.CC.CC.CC.Cc1cccc(C)c1C(C)C.Cc1ccnc(C)c1C(C)C.Cc1cncc(C)c1C(C)C.Cc1nc(C)c(C(C)C)c(C)n1. The second kappa shape index (κ2) is 36.3. The van der Waals surface area contributed by atoms with E-state index in [0.29, 0.717) is 23.7 Å². The molecule has 0 saturated carbocycles. The van der Waals surface area contributed by atoms with Crippen molar-refractivity contribution in [3.05, 3.63) is 116 Å². The van der Waals surface area contributed by atoms with Gasteiger partial charge in [-0.3, -0.25) is 9.97 Å². The van der Waals surface area contributed by atoms with Crippen molar-refractivity contribution in [3.8, 4) is 0 Å². The molecule has 4 aromatic rings. The van der Waals surface area contributed by atoms with Gasteiger partial charge in [-0.25, -0.2) is 9.97 Å². The van der Waals surface area contributed by atoms with Crippen LogP contribution in [0, 0.1) is 62.3 Å². The second-order valence-corrected chi connectivity index (χ2v) is 13.6. The Morgan fingerprint density at radius 3 is 0.945 bits per heavy atom. The third kappa shape index (κ3) is 24.0. The molecule has 1 aromatic carbocycles. The Balaban J connectivity index is -0.000000104. The average molecular weight is 765 g/mol. The van der Waals surface area contributed by atoms with Gasteiger partial charge in [-0.15, -0.1) is 0 Å². The molecule has 0 amide bonds. The van der Waals surface area contributed by atoms with Gasteiger partial charge in [-0.2, -0.15) is 0 Å². The Bertz CT molecular complexity index is 1280. The predicted molar refractivity (Wildman–Crippen MR) is 257 cm³/mol. The summed E-state index contributed by atoms with van der Waals surface area (Å²) in [5, 5.41) is 0. The van der Waals surface area contributed by atoms with Crippen molar-refractivity contribution < 1.29 is 0 Å². The van der Waals surface area contributed by atoms with Crippen molar-refractivity contribution in [2.24, 2.45) is 0 Å². The molecule has 4 rings (SSSR count). The number of rotatable bonds is 4. The number of hydrogen-bond donors (Lipinski definition) is 0. The normalized spacial score (nSPS) is 9.07. The van der Waals surface area contributed by atoms with Gasteiger partial charge in [0.2, 0.25) is 0 Å². The molecule has 0 aliphatic heterocycles. The maximum absolute atomic E-state index is 4.34. The van der Waals surface area contributed by atoms with Crippen molar-refractivity contribution >= 4 is 0 Å². The molecule has 0 bridgehead atoms. The number of nitrogens with zero attached hydrogens (tertiary/aromatic N) is 4. The zero-order chi connectivity index (χ0) is 40.6. The number of aromatic nitrogens is 4. The highest BCUT2D eigenvalue weighted by molar-refractivity contribution is 5.36. The van der Waals surface area contributed by atoms with E-state index < -0.39 is 0 Å². The maximum Gasteiger partial charge on any atom is 0.125 e. The molecule has 0 saturated heterocycles. The van der Waals surface area contributed by atoms with E-state index >= 15 is 0 Å². The lowest BCUT2D eigenvalue weighted by molar-refractivity contribution is 0.800. The fraction of sp³-hybridized carbons (Fsp3) is 0.608. The molecule has 55 heavy (non-hydrogen) atoms. The van der Waals surface area contributed by atoms with Gasteiger partial charge in [0, 0.05) is 35.7 Å². The van der Waals surface area contributed by atoms with Crippen LogP contribution in [0.25, 0.3) is 0 Å². The summed E-state index contributed by atoms with van der Waals surface area (Å²) in [5.74, 6) is 3.23. The molecule has 3 heterocycles. The molecule has 0 spiro atoms. The molecule has 320 valence electrons. The predicted octanol–water partition coefficient (Wildman–Crippen LogP) is 17.2. The average Bonchev–Trinajstić information content (AvgIpc) is 3.03. The molecule has 0 N–H and O–H groups in total. The lowest BCUT2D eigenvalue weighted by Crippen LogP contribution is -2.03. The molecular weight excluding hydrogens is 669 g/mol. The van der Waals surface area contributed by atoms with Gasteiger partial charge in [-0.05, 0) is 142 Å². The van der Waals surface area contributed by atoms with Gasteiger partial charge in [0.25, 0.3) is 0 Å². The van der Waals surface area contributed by atoms with Crippen LogP contribution in [-0.2, 0) is 0 Å². The Hall–Kier alpha value is -3.40. The minimum atomic E-state index is 0.